The van der Waals surface area contributed by atoms with Crippen LogP contribution in [0.15, 0.2) is 158 Å². The molecule has 0 atom stereocenters. The third-order valence-electron chi connectivity index (χ3n) is 9.04. The zero-order valence-electron chi connectivity index (χ0n) is 25.4. The maximum Gasteiger partial charge on any atom is 0.160 e. The second-order valence-electron chi connectivity index (χ2n) is 12.3. The molecule has 0 fully saturated rings. The fourth-order valence-corrected chi connectivity index (χ4v) is 10.0. The SMILES string of the molecule is C[Si]1(C)c2ccccc2-c2nc(-c3cccc(-c4ccccc4)c3)nc(-c3cc(-c4ccccc4)cc(-c4ccccc4)c3)c21. The van der Waals surface area contributed by atoms with Gasteiger partial charge in [0, 0.05) is 11.1 Å². The monoisotopic (exact) mass is 592 g/mol. The van der Waals surface area contributed by atoms with Crippen molar-refractivity contribution >= 4 is 18.4 Å². The van der Waals surface area contributed by atoms with E-state index in [-0.39, 0.29) is 0 Å². The van der Waals surface area contributed by atoms with Crippen LogP contribution in [0, 0.1) is 0 Å². The summed E-state index contributed by atoms with van der Waals surface area (Å²) >= 11 is 0. The topological polar surface area (TPSA) is 25.8 Å². The third kappa shape index (κ3) is 4.82. The van der Waals surface area contributed by atoms with Crippen molar-refractivity contribution in [3.63, 3.8) is 0 Å². The molecule has 8 rings (SSSR count). The van der Waals surface area contributed by atoms with Crippen LogP contribution >= 0.6 is 0 Å². The van der Waals surface area contributed by atoms with E-state index in [1.807, 2.05) is 0 Å². The van der Waals surface area contributed by atoms with Crippen molar-refractivity contribution in [1.29, 1.82) is 0 Å². The van der Waals surface area contributed by atoms with E-state index >= 15 is 0 Å². The normalized spacial score (nSPS) is 12.8. The van der Waals surface area contributed by atoms with Crippen LogP contribution in [0.4, 0.5) is 0 Å². The first-order valence-corrected chi connectivity index (χ1v) is 18.5. The van der Waals surface area contributed by atoms with Gasteiger partial charge < -0.3 is 0 Å². The Morgan fingerprint density at radius 1 is 0.378 bits per heavy atom. The molecule has 0 amide bonds. The lowest BCUT2D eigenvalue weighted by Gasteiger charge is -2.22. The van der Waals surface area contributed by atoms with E-state index in [0.29, 0.717) is 0 Å². The lowest BCUT2D eigenvalue weighted by atomic mass is 9.94. The van der Waals surface area contributed by atoms with E-state index in [1.54, 1.807) is 0 Å². The molecule has 45 heavy (non-hydrogen) atoms. The maximum atomic E-state index is 5.49. The van der Waals surface area contributed by atoms with Crippen LogP contribution < -0.4 is 10.4 Å². The van der Waals surface area contributed by atoms with Gasteiger partial charge in [-0.25, -0.2) is 9.97 Å². The van der Waals surface area contributed by atoms with E-state index in [4.69, 9.17) is 9.97 Å². The standard InChI is InChI=1S/C42H32N2Si/c1-45(2)38-24-13-12-23-37(38)40-41(45)39(43-42(44-40)33-22-14-21-32(25-33)29-15-6-3-7-16-29)36-27-34(30-17-8-4-9-18-30)26-35(28-36)31-19-10-5-11-20-31/h3-28H,1-2H3. The number of rotatable bonds is 5. The summed E-state index contributed by atoms with van der Waals surface area (Å²) in [6.07, 6.45) is 0. The maximum absolute atomic E-state index is 5.49. The van der Waals surface area contributed by atoms with Gasteiger partial charge in [-0.05, 0) is 73.6 Å². The van der Waals surface area contributed by atoms with E-state index in [2.05, 4.69) is 171 Å². The molecule has 3 heteroatoms. The molecule has 7 aromatic rings. The van der Waals surface area contributed by atoms with Gasteiger partial charge in [0.05, 0.1) is 11.4 Å². The molecule has 0 saturated heterocycles. The first-order chi connectivity index (χ1) is 22.1. The predicted octanol–water partition coefficient (Wildman–Crippen LogP) is 9.61. The Morgan fingerprint density at radius 2 is 0.822 bits per heavy atom. The molecule has 0 spiro atoms. The van der Waals surface area contributed by atoms with Crippen LogP contribution in [0.2, 0.25) is 13.1 Å². The minimum absolute atomic E-state index is 0.759. The number of hydrogen-bond donors (Lipinski definition) is 0. The second kappa shape index (κ2) is 11.0. The molecule has 2 nitrogen and oxygen atoms in total. The molecule has 0 N–H and O–H groups in total. The Kier molecular flexibility index (Phi) is 6.62. The quantitative estimate of drug-likeness (QED) is 0.186. The summed E-state index contributed by atoms with van der Waals surface area (Å²) in [6.45, 7) is 4.89. The van der Waals surface area contributed by atoms with E-state index in [0.717, 1.165) is 33.9 Å². The molecule has 0 radical (unpaired) electrons. The van der Waals surface area contributed by atoms with Gasteiger partial charge in [0.1, 0.15) is 8.07 Å². The van der Waals surface area contributed by atoms with Crippen LogP contribution in [-0.4, -0.2) is 18.0 Å². The highest BCUT2D eigenvalue weighted by Crippen LogP contribution is 2.37. The highest BCUT2D eigenvalue weighted by molar-refractivity contribution is 7.04. The van der Waals surface area contributed by atoms with Crippen molar-refractivity contribution in [2.45, 2.75) is 13.1 Å². The Hall–Kier alpha value is -5.38. The van der Waals surface area contributed by atoms with Gasteiger partial charge in [0.2, 0.25) is 0 Å². The van der Waals surface area contributed by atoms with Crippen LogP contribution in [0.3, 0.4) is 0 Å². The number of aromatic nitrogens is 2. The fourth-order valence-electron chi connectivity index (χ4n) is 6.78. The summed E-state index contributed by atoms with van der Waals surface area (Å²) in [5.74, 6) is 0.759. The van der Waals surface area contributed by atoms with Crippen LogP contribution in [0.5, 0.6) is 0 Å². The van der Waals surface area contributed by atoms with Gasteiger partial charge in [-0.15, -0.1) is 0 Å². The first kappa shape index (κ1) is 27.2. The molecule has 1 aliphatic rings. The molecule has 1 aromatic heterocycles. The van der Waals surface area contributed by atoms with E-state index in [9.17, 15) is 0 Å². The Balaban J connectivity index is 1.41. The number of hydrogen-bond acceptors (Lipinski definition) is 2. The average Bonchev–Trinajstić information content (AvgIpc) is 3.35. The summed E-state index contributed by atoms with van der Waals surface area (Å²) in [4.78, 5) is 10.9. The minimum Gasteiger partial charge on any atom is -0.228 e. The summed E-state index contributed by atoms with van der Waals surface area (Å²) in [6, 6.07) is 56.3. The summed E-state index contributed by atoms with van der Waals surface area (Å²) < 4.78 is 0. The van der Waals surface area contributed by atoms with Crippen molar-refractivity contribution in [3.8, 4) is 67.3 Å². The average molecular weight is 593 g/mol. The third-order valence-corrected chi connectivity index (χ3v) is 12.5. The van der Waals surface area contributed by atoms with Crippen molar-refractivity contribution in [2.75, 3.05) is 0 Å². The lowest BCUT2D eigenvalue weighted by Crippen LogP contribution is -2.50. The molecule has 1 aliphatic heterocycles. The van der Waals surface area contributed by atoms with Gasteiger partial charge in [-0.2, -0.15) is 0 Å². The largest absolute Gasteiger partial charge is 0.228 e. The zero-order chi connectivity index (χ0) is 30.4. The summed E-state index contributed by atoms with van der Waals surface area (Å²) in [7, 11) is -2.11. The Bertz CT molecular complexity index is 2110. The van der Waals surface area contributed by atoms with Crippen LogP contribution in [0.25, 0.3) is 67.3 Å². The van der Waals surface area contributed by atoms with E-state index < -0.39 is 8.07 Å². The molecule has 6 aromatic carbocycles. The molecular weight excluding hydrogens is 561 g/mol. The van der Waals surface area contributed by atoms with Gasteiger partial charge >= 0.3 is 0 Å². The van der Waals surface area contributed by atoms with Crippen molar-refractivity contribution in [2.24, 2.45) is 0 Å². The first-order valence-electron chi connectivity index (χ1n) is 15.5. The highest BCUT2D eigenvalue weighted by Gasteiger charge is 2.41. The van der Waals surface area contributed by atoms with Gasteiger partial charge in [0.25, 0.3) is 0 Å². The second-order valence-corrected chi connectivity index (χ2v) is 16.6. The number of fused-ring (bicyclic) bond motifs is 3. The smallest absolute Gasteiger partial charge is 0.160 e. The van der Waals surface area contributed by atoms with Crippen LogP contribution in [0.1, 0.15) is 0 Å². The summed E-state index contributed by atoms with van der Waals surface area (Å²) in [5, 5.41) is 2.74. The molecule has 2 heterocycles. The summed E-state index contributed by atoms with van der Waals surface area (Å²) in [5.41, 5.74) is 12.6. The predicted molar refractivity (Wildman–Crippen MR) is 191 cm³/mol. The minimum atomic E-state index is -2.11. The van der Waals surface area contributed by atoms with Crippen molar-refractivity contribution in [1.82, 2.24) is 9.97 Å². The van der Waals surface area contributed by atoms with Crippen molar-refractivity contribution in [3.05, 3.63) is 158 Å². The van der Waals surface area contributed by atoms with Crippen LogP contribution in [-0.2, 0) is 0 Å². The molecule has 0 unspecified atom stereocenters. The lowest BCUT2D eigenvalue weighted by molar-refractivity contribution is 1.20. The van der Waals surface area contributed by atoms with E-state index in [1.165, 1.54) is 43.8 Å². The van der Waals surface area contributed by atoms with Gasteiger partial charge in [-0.3, -0.25) is 0 Å². The molecule has 0 aliphatic carbocycles. The number of benzene rings is 6. The molecule has 0 bridgehead atoms. The molecule has 214 valence electrons. The molecular formula is C42H32N2Si. The fraction of sp³-hybridized carbons (Fsp3) is 0.0476. The van der Waals surface area contributed by atoms with Gasteiger partial charge in [-0.1, -0.05) is 147 Å². The Labute approximate surface area is 265 Å². The highest BCUT2D eigenvalue weighted by atomic mass is 28.3. The van der Waals surface area contributed by atoms with Gasteiger partial charge in [0.15, 0.2) is 5.82 Å². The molecule has 0 saturated carbocycles. The zero-order valence-corrected chi connectivity index (χ0v) is 26.4. The number of nitrogens with zero attached hydrogens (tertiary/aromatic N) is 2. The Morgan fingerprint density at radius 3 is 1.44 bits per heavy atom. The van der Waals surface area contributed by atoms with Crippen molar-refractivity contribution < 1.29 is 0 Å².